The average Bonchev–Trinajstić information content (AvgIpc) is 2.62. The molecule has 1 unspecified atom stereocenters. The maximum atomic E-state index is 12.7. The van der Waals surface area contributed by atoms with E-state index in [1.165, 1.54) is 0 Å². The van der Waals surface area contributed by atoms with E-state index in [9.17, 15) is 4.79 Å². The van der Waals surface area contributed by atoms with Crippen molar-refractivity contribution in [2.45, 2.75) is 13.0 Å². The smallest absolute Gasteiger partial charge is 0.255 e. The van der Waals surface area contributed by atoms with Crippen LogP contribution in [0.1, 0.15) is 17.3 Å². The Hall–Kier alpha value is -2.40. The summed E-state index contributed by atoms with van der Waals surface area (Å²) >= 11 is 0. The lowest BCUT2D eigenvalue weighted by atomic mass is 10.0. The van der Waals surface area contributed by atoms with Crippen molar-refractivity contribution in [2.75, 3.05) is 26.7 Å². The molecule has 5 nitrogen and oxygen atoms in total. The molecule has 0 spiro atoms. The fourth-order valence-corrected chi connectivity index (χ4v) is 2.81. The minimum Gasteiger partial charge on any atom is -0.497 e. The van der Waals surface area contributed by atoms with E-state index in [2.05, 4.69) is 17.2 Å². The summed E-state index contributed by atoms with van der Waals surface area (Å²) in [6.07, 6.45) is 3.42. The van der Waals surface area contributed by atoms with Gasteiger partial charge >= 0.3 is 0 Å². The van der Waals surface area contributed by atoms with Gasteiger partial charge in [-0.3, -0.25) is 9.78 Å². The summed E-state index contributed by atoms with van der Waals surface area (Å²) in [7, 11) is 1.64. The molecule has 1 saturated heterocycles. The van der Waals surface area contributed by atoms with Crippen LogP contribution in [0.25, 0.3) is 11.1 Å². The molecule has 1 amide bonds. The molecule has 120 valence electrons. The van der Waals surface area contributed by atoms with Gasteiger partial charge in [-0.05, 0) is 30.7 Å². The van der Waals surface area contributed by atoms with Crippen LogP contribution in [-0.4, -0.2) is 48.6 Å². The molecule has 1 fully saturated rings. The Labute approximate surface area is 136 Å². The molecule has 1 aliphatic rings. The van der Waals surface area contributed by atoms with Gasteiger partial charge < -0.3 is 15.0 Å². The summed E-state index contributed by atoms with van der Waals surface area (Å²) in [6, 6.07) is 9.85. The van der Waals surface area contributed by atoms with Crippen molar-refractivity contribution in [1.29, 1.82) is 0 Å². The molecule has 0 aliphatic carbocycles. The van der Waals surface area contributed by atoms with Gasteiger partial charge in [-0.25, -0.2) is 0 Å². The number of pyridine rings is 1. The lowest BCUT2D eigenvalue weighted by Crippen LogP contribution is -2.52. The summed E-state index contributed by atoms with van der Waals surface area (Å²) in [5.74, 6) is 0.852. The third kappa shape index (κ3) is 3.35. The average molecular weight is 311 g/mol. The number of benzene rings is 1. The lowest BCUT2D eigenvalue weighted by molar-refractivity contribution is 0.0655. The zero-order chi connectivity index (χ0) is 16.2. The molecule has 1 atom stereocenters. The number of ether oxygens (including phenoxy) is 1. The molecule has 2 aromatic rings. The molecule has 1 N–H and O–H groups in total. The van der Waals surface area contributed by atoms with Gasteiger partial charge in [0.15, 0.2) is 0 Å². The first-order valence-electron chi connectivity index (χ1n) is 7.80. The van der Waals surface area contributed by atoms with Crippen LogP contribution in [0, 0.1) is 0 Å². The van der Waals surface area contributed by atoms with Crippen molar-refractivity contribution in [3.05, 3.63) is 48.3 Å². The van der Waals surface area contributed by atoms with Crippen molar-refractivity contribution >= 4 is 5.91 Å². The Morgan fingerprint density at radius 3 is 2.74 bits per heavy atom. The predicted octanol–water partition coefficient (Wildman–Crippen LogP) is 2.19. The third-order valence-corrected chi connectivity index (χ3v) is 4.17. The van der Waals surface area contributed by atoms with Crippen molar-refractivity contribution in [3.63, 3.8) is 0 Å². The van der Waals surface area contributed by atoms with E-state index < -0.39 is 0 Å². The van der Waals surface area contributed by atoms with Gasteiger partial charge in [-0.15, -0.1) is 0 Å². The zero-order valence-electron chi connectivity index (χ0n) is 13.5. The van der Waals surface area contributed by atoms with Crippen LogP contribution < -0.4 is 10.1 Å². The van der Waals surface area contributed by atoms with Crippen molar-refractivity contribution in [1.82, 2.24) is 15.2 Å². The topological polar surface area (TPSA) is 54.5 Å². The fraction of sp³-hybridized carbons (Fsp3) is 0.333. The monoisotopic (exact) mass is 311 g/mol. The van der Waals surface area contributed by atoms with E-state index in [0.29, 0.717) is 5.56 Å². The van der Waals surface area contributed by atoms with Gasteiger partial charge in [0.25, 0.3) is 5.91 Å². The molecule has 1 aliphatic heterocycles. The number of nitrogens with one attached hydrogen (secondary N) is 1. The van der Waals surface area contributed by atoms with Crippen molar-refractivity contribution < 1.29 is 9.53 Å². The highest BCUT2D eigenvalue weighted by molar-refractivity contribution is 5.95. The first-order valence-corrected chi connectivity index (χ1v) is 7.80. The maximum absolute atomic E-state index is 12.7. The van der Waals surface area contributed by atoms with Crippen LogP contribution in [0.3, 0.4) is 0 Å². The maximum Gasteiger partial charge on any atom is 0.255 e. The van der Waals surface area contributed by atoms with Crippen LogP contribution in [-0.2, 0) is 0 Å². The number of hydrogen-bond acceptors (Lipinski definition) is 4. The van der Waals surface area contributed by atoms with Gasteiger partial charge in [0, 0.05) is 43.6 Å². The minimum absolute atomic E-state index is 0.0434. The first kappa shape index (κ1) is 15.5. The van der Waals surface area contributed by atoms with E-state index in [-0.39, 0.29) is 11.9 Å². The van der Waals surface area contributed by atoms with E-state index >= 15 is 0 Å². The molecule has 5 heteroatoms. The number of aromatic nitrogens is 1. The number of amides is 1. The Morgan fingerprint density at radius 1 is 1.26 bits per heavy atom. The third-order valence-electron chi connectivity index (χ3n) is 4.17. The number of carbonyl (C=O) groups is 1. The fourth-order valence-electron chi connectivity index (χ4n) is 2.81. The summed E-state index contributed by atoms with van der Waals surface area (Å²) in [5, 5.41) is 3.30. The summed E-state index contributed by atoms with van der Waals surface area (Å²) in [5.41, 5.74) is 2.58. The molecular weight excluding hydrogens is 290 g/mol. The Morgan fingerprint density at radius 2 is 2.04 bits per heavy atom. The summed E-state index contributed by atoms with van der Waals surface area (Å²) < 4.78 is 5.18. The minimum atomic E-state index is 0.0434. The second-order valence-corrected chi connectivity index (χ2v) is 5.74. The number of rotatable bonds is 3. The van der Waals surface area contributed by atoms with Gasteiger partial charge in [-0.2, -0.15) is 0 Å². The predicted molar refractivity (Wildman–Crippen MR) is 89.6 cm³/mol. The van der Waals surface area contributed by atoms with E-state index in [1.54, 1.807) is 19.5 Å². The molecular formula is C18H21N3O2. The Kier molecular flexibility index (Phi) is 4.57. The van der Waals surface area contributed by atoms with Crippen LogP contribution in [0.5, 0.6) is 5.75 Å². The molecule has 0 radical (unpaired) electrons. The molecule has 2 heterocycles. The highest BCUT2D eigenvalue weighted by Gasteiger charge is 2.24. The molecule has 23 heavy (non-hydrogen) atoms. The second kappa shape index (κ2) is 6.79. The summed E-state index contributed by atoms with van der Waals surface area (Å²) in [6.45, 7) is 4.45. The van der Waals surface area contributed by atoms with Crippen LogP contribution >= 0.6 is 0 Å². The van der Waals surface area contributed by atoms with Crippen LogP contribution in [0.2, 0.25) is 0 Å². The normalized spacial score (nSPS) is 17.8. The van der Waals surface area contributed by atoms with E-state index in [0.717, 1.165) is 36.5 Å². The quantitative estimate of drug-likeness (QED) is 0.944. The largest absolute Gasteiger partial charge is 0.497 e. The van der Waals surface area contributed by atoms with Gasteiger partial charge in [0.2, 0.25) is 0 Å². The van der Waals surface area contributed by atoms with Crippen LogP contribution in [0.4, 0.5) is 0 Å². The summed E-state index contributed by atoms with van der Waals surface area (Å²) in [4.78, 5) is 18.9. The van der Waals surface area contributed by atoms with Gasteiger partial charge in [-0.1, -0.05) is 12.1 Å². The SMILES string of the molecule is COc1ccc(-c2cncc(C(=O)N3CCNCC3C)c2)cc1. The lowest BCUT2D eigenvalue weighted by Gasteiger charge is -2.34. The van der Waals surface area contributed by atoms with E-state index in [1.807, 2.05) is 35.2 Å². The number of methoxy groups -OCH3 is 1. The molecule has 0 bridgehead atoms. The first-order chi connectivity index (χ1) is 11.2. The highest BCUT2D eigenvalue weighted by atomic mass is 16.5. The number of hydrogen-bond donors (Lipinski definition) is 1. The number of nitrogens with zero attached hydrogens (tertiary/aromatic N) is 2. The van der Waals surface area contributed by atoms with E-state index in [4.69, 9.17) is 4.74 Å². The van der Waals surface area contributed by atoms with Crippen LogP contribution in [0.15, 0.2) is 42.7 Å². The molecule has 1 aromatic heterocycles. The number of carbonyl (C=O) groups excluding carboxylic acids is 1. The second-order valence-electron chi connectivity index (χ2n) is 5.74. The van der Waals surface area contributed by atoms with Crippen molar-refractivity contribution in [2.24, 2.45) is 0 Å². The number of piperazine rings is 1. The Bertz CT molecular complexity index is 685. The molecule has 1 aromatic carbocycles. The molecule has 0 saturated carbocycles. The highest BCUT2D eigenvalue weighted by Crippen LogP contribution is 2.23. The Balaban J connectivity index is 1.85. The van der Waals surface area contributed by atoms with Crippen molar-refractivity contribution in [3.8, 4) is 16.9 Å². The van der Waals surface area contributed by atoms with Gasteiger partial charge in [0.1, 0.15) is 5.75 Å². The zero-order valence-corrected chi connectivity index (χ0v) is 13.5. The molecule has 3 rings (SSSR count). The van der Waals surface area contributed by atoms with Gasteiger partial charge in [0.05, 0.1) is 12.7 Å². The standard InChI is InChI=1S/C18H21N3O2/c1-13-10-19-7-8-21(13)18(22)16-9-15(11-20-12-16)14-3-5-17(23-2)6-4-14/h3-6,9,11-13,19H,7-8,10H2,1-2H3.